The summed E-state index contributed by atoms with van der Waals surface area (Å²) in [5.41, 5.74) is 0. The zero-order chi connectivity index (χ0) is 8.85. The summed E-state index contributed by atoms with van der Waals surface area (Å²) in [6, 6.07) is 0.465. The predicted octanol–water partition coefficient (Wildman–Crippen LogP) is 1.39. The predicted molar refractivity (Wildman–Crippen MR) is 48.6 cm³/mol. The van der Waals surface area contributed by atoms with Gasteiger partial charge in [0, 0.05) is 6.04 Å². The molecule has 0 radical (unpaired) electrons. The first-order valence-electron chi connectivity index (χ1n) is 4.47. The van der Waals surface area contributed by atoms with Crippen LogP contribution in [0.2, 0.25) is 0 Å². The minimum atomic E-state index is -0.160. The Morgan fingerprint density at radius 1 is 1.36 bits per heavy atom. The van der Waals surface area contributed by atoms with Crippen molar-refractivity contribution in [3.05, 3.63) is 0 Å². The first-order chi connectivity index (χ1) is 5.11. The van der Waals surface area contributed by atoms with E-state index >= 15 is 0 Å². The van der Waals surface area contributed by atoms with Gasteiger partial charge in [-0.3, -0.25) is 0 Å². The zero-order valence-electron chi connectivity index (χ0n) is 8.09. The van der Waals surface area contributed by atoms with Gasteiger partial charge in [0.15, 0.2) is 0 Å². The van der Waals surface area contributed by atoms with Crippen molar-refractivity contribution in [2.45, 2.75) is 45.8 Å². The molecule has 11 heavy (non-hydrogen) atoms. The van der Waals surface area contributed by atoms with E-state index in [1.54, 1.807) is 0 Å². The summed E-state index contributed by atoms with van der Waals surface area (Å²) in [5.74, 6) is 0.373. The van der Waals surface area contributed by atoms with Crippen LogP contribution in [-0.4, -0.2) is 24.3 Å². The SMILES string of the molecule is CCC(CC(O)C(C)C)NC. The summed E-state index contributed by atoms with van der Waals surface area (Å²) in [7, 11) is 1.95. The molecule has 0 rings (SSSR count). The normalized spacial score (nSPS) is 16.9. The van der Waals surface area contributed by atoms with Crippen LogP contribution in [-0.2, 0) is 0 Å². The van der Waals surface area contributed by atoms with Crippen molar-refractivity contribution in [3.63, 3.8) is 0 Å². The number of hydrogen-bond donors (Lipinski definition) is 2. The Bertz CT molecular complexity index is 89.6. The number of aliphatic hydroxyl groups is 1. The fraction of sp³-hybridized carbons (Fsp3) is 1.00. The Balaban J connectivity index is 3.62. The van der Waals surface area contributed by atoms with Crippen LogP contribution in [0.3, 0.4) is 0 Å². The molecule has 0 saturated carbocycles. The van der Waals surface area contributed by atoms with Crippen molar-refractivity contribution in [1.29, 1.82) is 0 Å². The number of aliphatic hydroxyl groups excluding tert-OH is 1. The van der Waals surface area contributed by atoms with E-state index in [1.165, 1.54) is 0 Å². The lowest BCUT2D eigenvalue weighted by atomic mass is 9.98. The molecule has 2 N–H and O–H groups in total. The molecule has 2 nitrogen and oxygen atoms in total. The van der Waals surface area contributed by atoms with E-state index in [4.69, 9.17) is 0 Å². The van der Waals surface area contributed by atoms with E-state index in [1.807, 2.05) is 20.9 Å². The average Bonchev–Trinajstić information content (AvgIpc) is 1.99. The molecule has 0 spiro atoms. The van der Waals surface area contributed by atoms with Crippen molar-refractivity contribution in [2.75, 3.05) is 7.05 Å². The van der Waals surface area contributed by atoms with Crippen LogP contribution in [0.25, 0.3) is 0 Å². The second kappa shape index (κ2) is 5.56. The summed E-state index contributed by atoms with van der Waals surface area (Å²) in [6.07, 6.45) is 1.79. The molecule has 0 amide bonds. The number of rotatable bonds is 5. The summed E-state index contributed by atoms with van der Waals surface area (Å²) in [5, 5.41) is 12.7. The van der Waals surface area contributed by atoms with Crippen molar-refractivity contribution < 1.29 is 5.11 Å². The molecule has 2 unspecified atom stereocenters. The molecule has 0 aromatic rings. The summed E-state index contributed by atoms with van der Waals surface area (Å²) < 4.78 is 0. The van der Waals surface area contributed by atoms with Crippen LogP contribution in [0.1, 0.15) is 33.6 Å². The van der Waals surface area contributed by atoms with Gasteiger partial charge in [0.05, 0.1) is 6.10 Å². The quantitative estimate of drug-likeness (QED) is 0.635. The molecular weight excluding hydrogens is 138 g/mol. The monoisotopic (exact) mass is 159 g/mol. The van der Waals surface area contributed by atoms with Gasteiger partial charge in [-0.1, -0.05) is 20.8 Å². The van der Waals surface area contributed by atoms with Gasteiger partial charge in [-0.15, -0.1) is 0 Å². The van der Waals surface area contributed by atoms with E-state index in [-0.39, 0.29) is 6.10 Å². The minimum absolute atomic E-state index is 0.160. The molecule has 0 aromatic carbocycles. The van der Waals surface area contributed by atoms with E-state index in [0.29, 0.717) is 12.0 Å². The lowest BCUT2D eigenvalue weighted by Gasteiger charge is -2.20. The number of nitrogens with one attached hydrogen (secondary N) is 1. The molecule has 0 aliphatic carbocycles. The molecule has 68 valence electrons. The van der Waals surface area contributed by atoms with Crippen molar-refractivity contribution in [3.8, 4) is 0 Å². The highest BCUT2D eigenvalue weighted by Gasteiger charge is 2.13. The van der Waals surface area contributed by atoms with E-state index < -0.39 is 0 Å². The van der Waals surface area contributed by atoms with Crippen molar-refractivity contribution in [1.82, 2.24) is 5.32 Å². The summed E-state index contributed by atoms with van der Waals surface area (Å²) in [6.45, 7) is 6.23. The third kappa shape index (κ3) is 4.38. The van der Waals surface area contributed by atoms with Gasteiger partial charge in [0.2, 0.25) is 0 Å². The van der Waals surface area contributed by atoms with Crippen LogP contribution >= 0.6 is 0 Å². The Hall–Kier alpha value is -0.0800. The minimum Gasteiger partial charge on any atom is -0.393 e. The van der Waals surface area contributed by atoms with E-state index in [9.17, 15) is 5.11 Å². The molecule has 0 aliphatic heterocycles. The van der Waals surface area contributed by atoms with E-state index in [0.717, 1.165) is 12.8 Å². The maximum Gasteiger partial charge on any atom is 0.0577 e. The Morgan fingerprint density at radius 2 is 1.91 bits per heavy atom. The van der Waals surface area contributed by atoms with Gasteiger partial charge >= 0.3 is 0 Å². The third-order valence-corrected chi connectivity index (χ3v) is 2.20. The maximum absolute atomic E-state index is 9.52. The zero-order valence-corrected chi connectivity index (χ0v) is 8.09. The van der Waals surface area contributed by atoms with Gasteiger partial charge in [0.1, 0.15) is 0 Å². The van der Waals surface area contributed by atoms with Crippen molar-refractivity contribution >= 4 is 0 Å². The summed E-state index contributed by atoms with van der Waals surface area (Å²) >= 11 is 0. The average molecular weight is 159 g/mol. The highest BCUT2D eigenvalue weighted by molar-refractivity contribution is 4.69. The van der Waals surface area contributed by atoms with Gasteiger partial charge < -0.3 is 10.4 Å². The van der Waals surface area contributed by atoms with Crippen LogP contribution in [0.15, 0.2) is 0 Å². The lowest BCUT2D eigenvalue weighted by Crippen LogP contribution is -2.31. The highest BCUT2D eigenvalue weighted by Crippen LogP contribution is 2.09. The lowest BCUT2D eigenvalue weighted by molar-refractivity contribution is 0.104. The molecule has 2 atom stereocenters. The van der Waals surface area contributed by atoms with Gasteiger partial charge in [-0.25, -0.2) is 0 Å². The molecule has 0 aliphatic rings. The first-order valence-corrected chi connectivity index (χ1v) is 4.47. The fourth-order valence-corrected chi connectivity index (χ4v) is 1.05. The third-order valence-electron chi connectivity index (χ3n) is 2.20. The van der Waals surface area contributed by atoms with E-state index in [2.05, 4.69) is 12.2 Å². The topological polar surface area (TPSA) is 32.3 Å². The fourth-order valence-electron chi connectivity index (χ4n) is 1.05. The molecule has 0 heterocycles. The Morgan fingerprint density at radius 3 is 2.18 bits per heavy atom. The Labute approximate surface area is 70.0 Å². The van der Waals surface area contributed by atoms with Gasteiger partial charge in [-0.2, -0.15) is 0 Å². The standard InChI is InChI=1S/C9H21NO/c1-5-8(10-4)6-9(11)7(2)3/h7-11H,5-6H2,1-4H3. The van der Waals surface area contributed by atoms with Crippen LogP contribution in [0, 0.1) is 5.92 Å². The largest absolute Gasteiger partial charge is 0.393 e. The van der Waals surface area contributed by atoms with Crippen molar-refractivity contribution in [2.24, 2.45) is 5.92 Å². The van der Waals surface area contributed by atoms with Crippen LogP contribution < -0.4 is 5.32 Å². The molecule has 0 bridgehead atoms. The molecular formula is C9H21NO. The van der Waals surface area contributed by atoms with Crippen LogP contribution in [0.5, 0.6) is 0 Å². The second-order valence-electron chi connectivity index (χ2n) is 3.44. The molecule has 0 aromatic heterocycles. The van der Waals surface area contributed by atoms with Gasteiger partial charge in [0.25, 0.3) is 0 Å². The summed E-state index contributed by atoms with van der Waals surface area (Å²) in [4.78, 5) is 0. The van der Waals surface area contributed by atoms with Crippen LogP contribution in [0.4, 0.5) is 0 Å². The molecule has 0 saturated heterocycles. The Kier molecular flexibility index (Phi) is 5.51. The highest BCUT2D eigenvalue weighted by atomic mass is 16.3. The molecule has 2 heteroatoms. The van der Waals surface area contributed by atoms with Gasteiger partial charge in [-0.05, 0) is 25.8 Å². The second-order valence-corrected chi connectivity index (χ2v) is 3.44. The smallest absolute Gasteiger partial charge is 0.0577 e. The maximum atomic E-state index is 9.52. The number of hydrogen-bond acceptors (Lipinski definition) is 2. The molecule has 0 fully saturated rings. The first kappa shape index (κ1) is 10.9.